The third-order valence-corrected chi connectivity index (χ3v) is 2.59. The predicted octanol–water partition coefficient (Wildman–Crippen LogP) is 2.00. The zero-order chi connectivity index (χ0) is 12.1. The van der Waals surface area contributed by atoms with Crippen LogP contribution in [-0.4, -0.2) is 18.2 Å². The van der Waals surface area contributed by atoms with Gasteiger partial charge in [0.25, 0.3) is 0 Å². The number of carbonyl (C=O) groups excluding carboxylic acids is 1. The van der Waals surface area contributed by atoms with E-state index in [-0.39, 0.29) is 29.2 Å². The van der Waals surface area contributed by atoms with Gasteiger partial charge in [-0.3, -0.25) is 4.79 Å². The molecular weight excluding hydrogens is 230 g/mol. The van der Waals surface area contributed by atoms with Gasteiger partial charge in [-0.2, -0.15) is 0 Å². The highest BCUT2D eigenvalue weighted by atomic mass is 35.5. The number of methoxy groups -OCH3 is 1. The highest BCUT2D eigenvalue weighted by Gasteiger charge is 2.10. The molecule has 0 spiro atoms. The van der Waals surface area contributed by atoms with Crippen LogP contribution in [0.4, 0.5) is 0 Å². The molecule has 0 radical (unpaired) electrons. The highest BCUT2D eigenvalue weighted by molar-refractivity contribution is 6.32. The Morgan fingerprint density at radius 2 is 2.31 bits per heavy atom. The van der Waals surface area contributed by atoms with Gasteiger partial charge in [0.05, 0.1) is 12.1 Å². The number of ether oxygens (including phenoxy) is 1. The molecule has 0 aromatic heterocycles. The van der Waals surface area contributed by atoms with Gasteiger partial charge in [0, 0.05) is 12.5 Å². The van der Waals surface area contributed by atoms with Gasteiger partial charge < -0.3 is 15.6 Å². The Morgan fingerprint density at radius 3 is 2.88 bits per heavy atom. The van der Waals surface area contributed by atoms with E-state index in [9.17, 15) is 9.90 Å². The van der Waals surface area contributed by atoms with Crippen LogP contribution in [0.1, 0.15) is 24.4 Å². The van der Waals surface area contributed by atoms with Gasteiger partial charge in [0.1, 0.15) is 5.75 Å². The minimum atomic E-state index is -0.294. The van der Waals surface area contributed by atoms with Crippen LogP contribution in [0.25, 0.3) is 0 Å². The largest absolute Gasteiger partial charge is 0.506 e. The third-order valence-electron chi connectivity index (χ3n) is 2.29. The molecule has 5 heteroatoms. The minimum Gasteiger partial charge on any atom is -0.506 e. The molecule has 3 N–H and O–H groups in total. The van der Waals surface area contributed by atoms with Crippen LogP contribution < -0.4 is 5.73 Å². The summed E-state index contributed by atoms with van der Waals surface area (Å²) in [5.41, 5.74) is 6.65. The van der Waals surface area contributed by atoms with E-state index in [0.29, 0.717) is 6.42 Å². The lowest BCUT2D eigenvalue weighted by Crippen LogP contribution is -2.13. The molecule has 1 rings (SSSR count). The van der Waals surface area contributed by atoms with Crippen molar-refractivity contribution in [1.82, 2.24) is 0 Å². The van der Waals surface area contributed by atoms with Crippen LogP contribution in [-0.2, 0) is 9.53 Å². The molecule has 0 heterocycles. The molecule has 0 bridgehead atoms. The first-order valence-corrected chi connectivity index (χ1v) is 5.23. The molecule has 0 aliphatic carbocycles. The summed E-state index contributed by atoms with van der Waals surface area (Å²) >= 11 is 5.75. The van der Waals surface area contributed by atoms with E-state index in [1.807, 2.05) is 0 Å². The summed E-state index contributed by atoms with van der Waals surface area (Å²) in [6, 6.07) is 4.47. The zero-order valence-corrected chi connectivity index (χ0v) is 9.70. The minimum absolute atomic E-state index is 0.0191. The molecule has 0 saturated heterocycles. The lowest BCUT2D eigenvalue weighted by Gasteiger charge is -2.11. The van der Waals surface area contributed by atoms with Crippen molar-refractivity contribution in [1.29, 1.82) is 0 Å². The second-order valence-corrected chi connectivity index (χ2v) is 3.84. The SMILES string of the molecule is COC(=O)CCC(N)c1ccc(O)c(Cl)c1. The summed E-state index contributed by atoms with van der Waals surface area (Å²) in [6.07, 6.45) is 0.740. The summed E-state index contributed by atoms with van der Waals surface area (Å²) in [5.74, 6) is -0.272. The number of rotatable bonds is 4. The van der Waals surface area contributed by atoms with Crippen LogP contribution >= 0.6 is 11.6 Å². The van der Waals surface area contributed by atoms with Gasteiger partial charge in [-0.1, -0.05) is 17.7 Å². The molecule has 0 aliphatic heterocycles. The fraction of sp³-hybridized carbons (Fsp3) is 0.364. The second kappa shape index (κ2) is 5.72. The van der Waals surface area contributed by atoms with Crippen molar-refractivity contribution in [2.45, 2.75) is 18.9 Å². The van der Waals surface area contributed by atoms with Crippen molar-refractivity contribution in [3.8, 4) is 5.75 Å². The lowest BCUT2D eigenvalue weighted by molar-refractivity contribution is -0.140. The van der Waals surface area contributed by atoms with Gasteiger partial charge >= 0.3 is 5.97 Å². The van der Waals surface area contributed by atoms with Gasteiger partial charge in [0.2, 0.25) is 0 Å². The Bertz CT molecular complexity index is 381. The van der Waals surface area contributed by atoms with E-state index in [1.165, 1.54) is 13.2 Å². The molecule has 4 nitrogen and oxygen atoms in total. The number of hydrogen-bond donors (Lipinski definition) is 2. The molecule has 1 unspecified atom stereocenters. The molecule has 1 aromatic carbocycles. The summed E-state index contributed by atoms with van der Waals surface area (Å²) < 4.78 is 4.52. The quantitative estimate of drug-likeness (QED) is 0.794. The summed E-state index contributed by atoms with van der Waals surface area (Å²) in [4.78, 5) is 10.9. The second-order valence-electron chi connectivity index (χ2n) is 3.43. The van der Waals surface area contributed by atoms with Crippen LogP contribution in [0.2, 0.25) is 5.02 Å². The highest BCUT2D eigenvalue weighted by Crippen LogP contribution is 2.27. The molecule has 16 heavy (non-hydrogen) atoms. The molecule has 0 saturated carbocycles. The number of phenols is 1. The Morgan fingerprint density at radius 1 is 1.62 bits per heavy atom. The fourth-order valence-electron chi connectivity index (χ4n) is 1.30. The number of carbonyl (C=O) groups is 1. The molecule has 0 amide bonds. The number of aromatic hydroxyl groups is 1. The predicted molar refractivity (Wildman–Crippen MR) is 61.3 cm³/mol. The van der Waals surface area contributed by atoms with E-state index < -0.39 is 0 Å². The molecular formula is C11H14ClNO3. The van der Waals surface area contributed by atoms with Crippen molar-refractivity contribution in [3.63, 3.8) is 0 Å². The Balaban J connectivity index is 2.62. The first-order chi connectivity index (χ1) is 7.54. The standard InChI is InChI=1S/C11H14ClNO3/c1-16-11(15)5-3-9(13)7-2-4-10(14)8(12)6-7/h2,4,6,9,14H,3,5,13H2,1H3. The maximum absolute atomic E-state index is 10.9. The van der Waals surface area contributed by atoms with E-state index in [2.05, 4.69) is 4.74 Å². The van der Waals surface area contributed by atoms with Crippen molar-refractivity contribution in [2.75, 3.05) is 7.11 Å². The number of halogens is 1. The number of benzene rings is 1. The summed E-state index contributed by atoms with van der Waals surface area (Å²) in [6.45, 7) is 0. The van der Waals surface area contributed by atoms with Gasteiger partial charge in [0.15, 0.2) is 0 Å². The topological polar surface area (TPSA) is 72.5 Å². The monoisotopic (exact) mass is 243 g/mol. The molecule has 1 aromatic rings. The number of hydrogen-bond acceptors (Lipinski definition) is 4. The normalized spacial score (nSPS) is 12.2. The zero-order valence-electron chi connectivity index (χ0n) is 8.94. The third kappa shape index (κ3) is 3.40. The van der Waals surface area contributed by atoms with E-state index in [1.54, 1.807) is 12.1 Å². The van der Waals surface area contributed by atoms with E-state index in [4.69, 9.17) is 17.3 Å². The lowest BCUT2D eigenvalue weighted by atomic mass is 10.0. The van der Waals surface area contributed by atoms with E-state index >= 15 is 0 Å². The van der Waals surface area contributed by atoms with E-state index in [0.717, 1.165) is 5.56 Å². The molecule has 0 fully saturated rings. The molecule has 88 valence electrons. The first-order valence-electron chi connectivity index (χ1n) is 4.85. The molecule has 1 atom stereocenters. The number of phenolic OH excluding ortho intramolecular Hbond substituents is 1. The van der Waals surface area contributed by atoms with Gasteiger partial charge in [-0.05, 0) is 24.1 Å². The average Bonchev–Trinajstić information content (AvgIpc) is 2.29. The van der Waals surface area contributed by atoms with Crippen molar-refractivity contribution in [3.05, 3.63) is 28.8 Å². The van der Waals surface area contributed by atoms with Crippen LogP contribution in [0.15, 0.2) is 18.2 Å². The number of nitrogens with two attached hydrogens (primary N) is 1. The van der Waals surface area contributed by atoms with Crippen molar-refractivity contribution >= 4 is 17.6 Å². The van der Waals surface area contributed by atoms with Crippen LogP contribution in [0.3, 0.4) is 0 Å². The summed E-state index contributed by atoms with van der Waals surface area (Å²) in [5, 5.41) is 9.49. The Hall–Kier alpha value is -1.26. The first kappa shape index (κ1) is 12.8. The average molecular weight is 244 g/mol. The Labute approximate surface area is 99.0 Å². The maximum Gasteiger partial charge on any atom is 0.305 e. The fourth-order valence-corrected chi connectivity index (χ4v) is 1.48. The van der Waals surface area contributed by atoms with Gasteiger partial charge in [-0.15, -0.1) is 0 Å². The van der Waals surface area contributed by atoms with Crippen molar-refractivity contribution in [2.24, 2.45) is 5.73 Å². The number of esters is 1. The van der Waals surface area contributed by atoms with Crippen LogP contribution in [0, 0.1) is 0 Å². The van der Waals surface area contributed by atoms with Gasteiger partial charge in [-0.25, -0.2) is 0 Å². The summed E-state index contributed by atoms with van der Waals surface area (Å²) in [7, 11) is 1.34. The smallest absolute Gasteiger partial charge is 0.305 e. The molecule has 0 aliphatic rings. The van der Waals surface area contributed by atoms with Crippen molar-refractivity contribution < 1.29 is 14.6 Å². The van der Waals surface area contributed by atoms with Crippen LogP contribution in [0.5, 0.6) is 5.75 Å². The maximum atomic E-state index is 10.9. The Kier molecular flexibility index (Phi) is 4.58.